The number of ketones is 1. The van der Waals surface area contributed by atoms with Crippen LogP contribution in [0.2, 0.25) is 0 Å². The Kier molecular flexibility index (Phi) is 6.06. The topological polar surface area (TPSA) is 35.5 Å². The summed E-state index contributed by atoms with van der Waals surface area (Å²) in [7, 11) is 1.61. The second-order valence-corrected chi connectivity index (χ2v) is 6.20. The first-order valence-electron chi connectivity index (χ1n) is 8.80. The molecule has 0 aromatic heterocycles. The second kappa shape index (κ2) is 8.86. The highest BCUT2D eigenvalue weighted by Gasteiger charge is 2.07. The summed E-state index contributed by atoms with van der Waals surface area (Å²) in [6.45, 7) is 2.39. The summed E-state index contributed by atoms with van der Waals surface area (Å²) in [5, 5.41) is 0. The van der Waals surface area contributed by atoms with E-state index >= 15 is 0 Å². The third-order valence-electron chi connectivity index (χ3n) is 4.26. The Morgan fingerprint density at radius 2 is 1.67 bits per heavy atom. The predicted molar refractivity (Wildman–Crippen MR) is 108 cm³/mol. The number of carbonyl (C=O) groups is 1. The molecule has 0 spiro atoms. The van der Waals surface area contributed by atoms with E-state index < -0.39 is 0 Å². The quantitative estimate of drug-likeness (QED) is 0.414. The van der Waals surface area contributed by atoms with Crippen LogP contribution in [-0.2, 0) is 6.61 Å². The van der Waals surface area contributed by atoms with Gasteiger partial charge in [0.25, 0.3) is 0 Å². The molecule has 27 heavy (non-hydrogen) atoms. The van der Waals surface area contributed by atoms with E-state index in [-0.39, 0.29) is 5.78 Å². The van der Waals surface area contributed by atoms with Crippen LogP contribution in [-0.4, -0.2) is 12.9 Å². The van der Waals surface area contributed by atoms with Gasteiger partial charge in [-0.1, -0.05) is 66.7 Å². The lowest BCUT2D eigenvalue weighted by molar-refractivity contribution is 0.104. The zero-order valence-corrected chi connectivity index (χ0v) is 15.5. The molecule has 0 amide bonds. The van der Waals surface area contributed by atoms with Crippen LogP contribution in [0.4, 0.5) is 0 Å². The van der Waals surface area contributed by atoms with Gasteiger partial charge in [0, 0.05) is 5.56 Å². The van der Waals surface area contributed by atoms with Gasteiger partial charge in [-0.05, 0) is 41.8 Å². The van der Waals surface area contributed by atoms with Crippen LogP contribution in [0.25, 0.3) is 6.08 Å². The molecule has 3 aromatic carbocycles. The van der Waals surface area contributed by atoms with Gasteiger partial charge in [-0.15, -0.1) is 0 Å². The van der Waals surface area contributed by atoms with E-state index in [9.17, 15) is 4.79 Å². The van der Waals surface area contributed by atoms with E-state index in [1.807, 2.05) is 79.7 Å². The molecule has 0 atom stereocenters. The SMILES string of the molecule is COc1ccc(/C=C/C(=O)c2ccccc2C)cc1OCc1ccccc1. The fraction of sp³-hybridized carbons (Fsp3) is 0.125. The Hall–Kier alpha value is -3.33. The Morgan fingerprint density at radius 3 is 2.41 bits per heavy atom. The molecule has 3 rings (SSSR count). The number of benzene rings is 3. The van der Waals surface area contributed by atoms with Crippen LogP contribution in [0.15, 0.2) is 78.9 Å². The number of rotatable bonds is 7. The van der Waals surface area contributed by atoms with Gasteiger partial charge >= 0.3 is 0 Å². The predicted octanol–water partition coefficient (Wildman–Crippen LogP) is 5.48. The van der Waals surface area contributed by atoms with Crippen molar-refractivity contribution in [3.63, 3.8) is 0 Å². The van der Waals surface area contributed by atoms with Gasteiger partial charge < -0.3 is 9.47 Å². The molecule has 3 heteroatoms. The van der Waals surface area contributed by atoms with Crippen LogP contribution in [0.1, 0.15) is 27.0 Å². The molecule has 0 heterocycles. The fourth-order valence-electron chi connectivity index (χ4n) is 2.76. The molecule has 0 N–H and O–H groups in total. The second-order valence-electron chi connectivity index (χ2n) is 6.20. The minimum absolute atomic E-state index is 0.0179. The summed E-state index contributed by atoms with van der Waals surface area (Å²) >= 11 is 0. The van der Waals surface area contributed by atoms with Crippen molar-refractivity contribution in [1.82, 2.24) is 0 Å². The summed E-state index contributed by atoms with van der Waals surface area (Å²) in [4.78, 5) is 12.4. The van der Waals surface area contributed by atoms with E-state index in [1.165, 1.54) is 0 Å². The van der Waals surface area contributed by atoms with Gasteiger partial charge in [-0.2, -0.15) is 0 Å². The maximum Gasteiger partial charge on any atom is 0.186 e. The first kappa shape index (κ1) is 18.5. The Morgan fingerprint density at radius 1 is 0.926 bits per heavy atom. The minimum atomic E-state index is -0.0179. The van der Waals surface area contributed by atoms with Crippen molar-refractivity contribution < 1.29 is 14.3 Å². The highest BCUT2D eigenvalue weighted by atomic mass is 16.5. The highest BCUT2D eigenvalue weighted by molar-refractivity contribution is 6.07. The van der Waals surface area contributed by atoms with Crippen molar-refractivity contribution in [3.05, 3.63) is 101 Å². The van der Waals surface area contributed by atoms with Gasteiger partial charge in [0.15, 0.2) is 17.3 Å². The van der Waals surface area contributed by atoms with Crippen molar-refractivity contribution in [3.8, 4) is 11.5 Å². The average Bonchev–Trinajstić information content (AvgIpc) is 2.71. The Labute approximate surface area is 159 Å². The third kappa shape index (κ3) is 4.85. The first-order chi connectivity index (χ1) is 13.2. The lowest BCUT2D eigenvalue weighted by Gasteiger charge is -2.11. The molecule has 0 saturated heterocycles. The molecule has 0 saturated carbocycles. The van der Waals surface area contributed by atoms with Crippen LogP contribution in [0.3, 0.4) is 0 Å². The van der Waals surface area contributed by atoms with Gasteiger partial charge in [0.2, 0.25) is 0 Å². The molecule has 0 fully saturated rings. The van der Waals surface area contributed by atoms with Crippen LogP contribution >= 0.6 is 0 Å². The molecule has 3 nitrogen and oxygen atoms in total. The molecule has 0 radical (unpaired) electrons. The van der Waals surface area contributed by atoms with Crippen LogP contribution in [0.5, 0.6) is 11.5 Å². The van der Waals surface area contributed by atoms with E-state index in [0.717, 1.165) is 16.7 Å². The minimum Gasteiger partial charge on any atom is -0.493 e. The van der Waals surface area contributed by atoms with E-state index in [0.29, 0.717) is 23.7 Å². The van der Waals surface area contributed by atoms with Crippen LogP contribution < -0.4 is 9.47 Å². The molecule has 0 aliphatic heterocycles. The number of carbonyl (C=O) groups excluding carboxylic acids is 1. The maximum atomic E-state index is 12.4. The van der Waals surface area contributed by atoms with Crippen molar-refractivity contribution >= 4 is 11.9 Å². The molecular formula is C24H22O3. The summed E-state index contributed by atoms with van der Waals surface area (Å²) in [6.07, 6.45) is 3.38. The number of allylic oxidation sites excluding steroid dienone is 1. The number of aryl methyl sites for hydroxylation is 1. The van der Waals surface area contributed by atoms with Crippen molar-refractivity contribution in [2.75, 3.05) is 7.11 Å². The van der Waals surface area contributed by atoms with Gasteiger partial charge in [-0.25, -0.2) is 0 Å². The number of hydrogen-bond acceptors (Lipinski definition) is 3. The average molecular weight is 358 g/mol. The largest absolute Gasteiger partial charge is 0.493 e. The number of methoxy groups -OCH3 is 1. The Balaban J connectivity index is 1.76. The lowest BCUT2D eigenvalue weighted by atomic mass is 10.0. The standard InChI is InChI=1S/C24H22O3/c1-18-8-6-7-11-21(18)22(25)14-12-19-13-15-23(26-2)24(16-19)27-17-20-9-4-3-5-10-20/h3-16H,17H2,1-2H3/b14-12+. The zero-order chi connectivity index (χ0) is 19.1. The molecule has 0 aliphatic rings. The Bertz CT molecular complexity index is 943. The zero-order valence-electron chi connectivity index (χ0n) is 15.5. The summed E-state index contributed by atoms with van der Waals surface area (Å²) in [5.74, 6) is 1.29. The van der Waals surface area contributed by atoms with E-state index in [1.54, 1.807) is 19.3 Å². The normalized spacial score (nSPS) is 10.7. The van der Waals surface area contributed by atoms with Crippen molar-refractivity contribution in [1.29, 1.82) is 0 Å². The summed E-state index contributed by atoms with van der Waals surface area (Å²) in [5.41, 5.74) is 3.63. The molecule has 136 valence electrons. The summed E-state index contributed by atoms with van der Waals surface area (Å²) in [6, 6.07) is 23.1. The van der Waals surface area contributed by atoms with Crippen molar-refractivity contribution in [2.24, 2.45) is 0 Å². The monoisotopic (exact) mass is 358 g/mol. The van der Waals surface area contributed by atoms with Crippen LogP contribution in [0, 0.1) is 6.92 Å². The van der Waals surface area contributed by atoms with Gasteiger partial charge in [-0.3, -0.25) is 4.79 Å². The smallest absolute Gasteiger partial charge is 0.186 e. The van der Waals surface area contributed by atoms with Gasteiger partial charge in [0.1, 0.15) is 6.61 Å². The number of ether oxygens (including phenoxy) is 2. The first-order valence-corrected chi connectivity index (χ1v) is 8.80. The molecular weight excluding hydrogens is 336 g/mol. The maximum absolute atomic E-state index is 12.4. The van der Waals surface area contributed by atoms with E-state index in [2.05, 4.69) is 0 Å². The molecule has 0 unspecified atom stereocenters. The molecule has 0 bridgehead atoms. The lowest BCUT2D eigenvalue weighted by Crippen LogP contribution is -1.98. The highest BCUT2D eigenvalue weighted by Crippen LogP contribution is 2.29. The number of hydrogen-bond donors (Lipinski definition) is 0. The van der Waals surface area contributed by atoms with Gasteiger partial charge in [0.05, 0.1) is 7.11 Å². The molecule has 3 aromatic rings. The third-order valence-corrected chi connectivity index (χ3v) is 4.26. The van der Waals surface area contributed by atoms with E-state index in [4.69, 9.17) is 9.47 Å². The fourth-order valence-corrected chi connectivity index (χ4v) is 2.76. The molecule has 0 aliphatic carbocycles. The summed E-state index contributed by atoms with van der Waals surface area (Å²) < 4.78 is 11.3. The van der Waals surface area contributed by atoms with Crippen molar-refractivity contribution in [2.45, 2.75) is 13.5 Å².